The van der Waals surface area contributed by atoms with Crippen molar-refractivity contribution >= 4 is 49.9 Å². The first kappa shape index (κ1) is 30.7. The summed E-state index contributed by atoms with van der Waals surface area (Å²) in [6.45, 7) is 17.7. The Bertz CT molecular complexity index is 967. The summed E-state index contributed by atoms with van der Waals surface area (Å²) in [5, 5.41) is 1.00. The van der Waals surface area contributed by atoms with Gasteiger partial charge in [-0.25, -0.2) is 0 Å². The number of hydrogen-bond donors (Lipinski definition) is 0. The van der Waals surface area contributed by atoms with E-state index in [1.165, 1.54) is 7.11 Å². The third-order valence-corrected chi connectivity index (χ3v) is 5.49. The van der Waals surface area contributed by atoms with E-state index in [9.17, 15) is 4.79 Å². The van der Waals surface area contributed by atoms with Gasteiger partial charge >= 0.3 is 0 Å². The topological polar surface area (TPSA) is 54.0 Å². The number of rotatable bonds is 7. The summed E-state index contributed by atoms with van der Waals surface area (Å²) in [4.78, 5) is 13.5. The van der Waals surface area contributed by atoms with E-state index in [0.29, 0.717) is 38.9 Å². The summed E-state index contributed by atoms with van der Waals surface area (Å²) in [7, 11) is 1.22. The summed E-state index contributed by atoms with van der Waals surface area (Å²) in [5.41, 5.74) is -1.23. The third kappa shape index (κ3) is 9.35. The average molecular weight is 502 g/mol. The second-order valence-electron chi connectivity index (χ2n) is 10.7. The van der Waals surface area contributed by atoms with Gasteiger partial charge in [-0.05, 0) is 83.0 Å². The van der Waals surface area contributed by atoms with Crippen molar-refractivity contribution in [1.82, 2.24) is 0 Å². The molecule has 8 heteroatoms. The Morgan fingerprint density at radius 1 is 0.794 bits per heavy atom. The van der Waals surface area contributed by atoms with Gasteiger partial charge < -0.3 is 18.9 Å². The summed E-state index contributed by atoms with van der Waals surface area (Å²) in [5.74, 6) is 2.13. The van der Waals surface area contributed by atoms with Crippen LogP contribution in [0.25, 0.3) is 0 Å². The maximum absolute atomic E-state index is 13.5. The van der Waals surface area contributed by atoms with Crippen LogP contribution in [0, 0.1) is 0 Å². The quantitative estimate of drug-likeness (QED) is 0.314. The Kier molecular flexibility index (Phi) is 10.4. The van der Waals surface area contributed by atoms with Crippen LogP contribution >= 0.6 is 20.2 Å². The molecule has 0 aliphatic heterocycles. The molecule has 1 unspecified atom stereocenters. The average Bonchev–Trinajstić information content (AvgIpc) is 2.60. The second kappa shape index (κ2) is 11.6. The van der Waals surface area contributed by atoms with Crippen molar-refractivity contribution in [2.75, 3.05) is 7.11 Å². The van der Waals surface area contributed by atoms with Gasteiger partial charge in [0.25, 0.3) is 0 Å². The molecule has 183 valence electrons. The van der Waals surface area contributed by atoms with Crippen LogP contribution in [0.4, 0.5) is 0 Å². The second-order valence-corrected chi connectivity index (χ2v) is 12.3. The van der Waals surface area contributed by atoms with Crippen molar-refractivity contribution in [3.05, 3.63) is 40.9 Å². The van der Waals surface area contributed by atoms with Crippen molar-refractivity contribution in [3.8, 4) is 23.0 Å². The van der Waals surface area contributed by atoms with E-state index in [4.69, 9.17) is 30.5 Å². The molecule has 1 atom stereocenters. The van der Waals surface area contributed by atoms with Crippen molar-refractivity contribution in [1.29, 1.82) is 0 Å². The first-order chi connectivity index (χ1) is 15.0. The number of carbonyl (C=O) groups excluding carboxylic acids is 1. The number of carbonyl (C=O) groups is 1. The molecule has 5 nitrogen and oxygen atoms in total. The van der Waals surface area contributed by atoms with Gasteiger partial charge in [0.15, 0.2) is 5.52 Å². The van der Waals surface area contributed by atoms with E-state index < -0.39 is 16.8 Å². The van der Waals surface area contributed by atoms with Crippen molar-refractivity contribution in [3.63, 3.8) is 0 Å². The van der Waals surface area contributed by atoms with Crippen LogP contribution in [-0.2, 0) is 0 Å². The third-order valence-electron chi connectivity index (χ3n) is 3.96. The zero-order chi connectivity index (χ0) is 25.2. The van der Waals surface area contributed by atoms with Gasteiger partial charge in [0, 0.05) is 31.0 Å². The molecule has 0 spiro atoms. The minimum Gasteiger partial charge on any atom is -0.496 e. The molecule has 0 heterocycles. The number of benzene rings is 2. The molecule has 2 rings (SSSR count). The molecule has 0 saturated carbocycles. The summed E-state index contributed by atoms with van der Waals surface area (Å²) in [6, 6.07) is 8.81. The number of halogens is 1. The molecule has 0 aliphatic carbocycles. The van der Waals surface area contributed by atoms with E-state index in [2.05, 4.69) is 0 Å². The molecule has 0 amide bonds. The zero-order valence-electron chi connectivity index (χ0n) is 22.3. The standard InChI is InChI=1S/C26H36ClO5P.Li/c1-24(2,3)30-16-14-19(31-25(4,5)6)22(20(15-16)32-26(7,8)9)33-23(28)21-17(27)12-11-13-18(21)29-10;/h11-15,33H,1-10H3;. The molecule has 0 aliphatic rings. The maximum Gasteiger partial charge on any atom is 0.191 e. The zero-order valence-corrected chi connectivity index (χ0v) is 24.1. The van der Waals surface area contributed by atoms with Crippen molar-refractivity contribution < 1.29 is 23.7 Å². The Morgan fingerprint density at radius 3 is 1.68 bits per heavy atom. The maximum atomic E-state index is 13.5. The smallest absolute Gasteiger partial charge is 0.191 e. The Balaban J connectivity index is 0.00000578. The van der Waals surface area contributed by atoms with E-state index in [0.717, 1.165) is 0 Å². The van der Waals surface area contributed by atoms with Crippen molar-refractivity contribution in [2.45, 2.75) is 79.1 Å². The van der Waals surface area contributed by atoms with Crippen LogP contribution < -0.4 is 24.3 Å². The molecule has 0 fully saturated rings. The molecule has 0 N–H and O–H groups in total. The Labute approximate surface area is 223 Å². The summed E-state index contributed by atoms with van der Waals surface area (Å²) < 4.78 is 24.1. The predicted octanol–water partition coefficient (Wildman–Crippen LogP) is 6.64. The normalized spacial score (nSPS) is 12.3. The molecular weight excluding hydrogens is 466 g/mol. The van der Waals surface area contributed by atoms with E-state index in [1.807, 2.05) is 74.4 Å². The fourth-order valence-corrected chi connectivity index (χ4v) is 4.43. The molecule has 0 saturated heterocycles. The molecule has 2 aromatic carbocycles. The monoisotopic (exact) mass is 501 g/mol. The van der Waals surface area contributed by atoms with E-state index >= 15 is 0 Å². The van der Waals surface area contributed by atoms with Gasteiger partial charge in [0.05, 0.1) is 23.0 Å². The molecule has 1 radical (unpaired) electrons. The predicted molar refractivity (Wildman–Crippen MR) is 144 cm³/mol. The SMILES string of the molecule is COc1cccc(Cl)c1C(=O)Pc1c(OC(C)(C)C)cc(OC(C)(C)C)cc1OC(C)(C)C.[Li]. The van der Waals surface area contributed by atoms with E-state index in [-0.39, 0.29) is 33.0 Å². The first-order valence-electron chi connectivity index (χ1n) is 10.9. The van der Waals surface area contributed by atoms with Gasteiger partial charge in [-0.3, -0.25) is 4.79 Å². The minimum absolute atomic E-state index is 0. The fraction of sp³-hybridized carbons (Fsp3) is 0.500. The number of methoxy groups -OCH3 is 1. The van der Waals surface area contributed by atoms with Crippen LogP contribution in [0.1, 0.15) is 72.7 Å². The number of ether oxygens (including phenoxy) is 4. The van der Waals surface area contributed by atoms with Gasteiger partial charge in [-0.2, -0.15) is 0 Å². The Morgan fingerprint density at radius 2 is 1.26 bits per heavy atom. The molecule has 2 aromatic rings. The van der Waals surface area contributed by atoms with Crippen molar-refractivity contribution in [2.24, 2.45) is 0 Å². The van der Waals surface area contributed by atoms with Crippen LogP contribution in [0.15, 0.2) is 30.3 Å². The van der Waals surface area contributed by atoms with Crippen LogP contribution in [0.2, 0.25) is 5.02 Å². The van der Waals surface area contributed by atoms with Crippen LogP contribution in [0.3, 0.4) is 0 Å². The largest absolute Gasteiger partial charge is 0.496 e. The van der Waals surface area contributed by atoms with Crippen LogP contribution in [-0.4, -0.2) is 48.3 Å². The molecule has 0 aromatic heterocycles. The van der Waals surface area contributed by atoms with E-state index in [1.54, 1.807) is 18.2 Å². The molecule has 34 heavy (non-hydrogen) atoms. The van der Waals surface area contributed by atoms with Gasteiger partial charge in [0.1, 0.15) is 39.8 Å². The summed E-state index contributed by atoms with van der Waals surface area (Å²) in [6.07, 6.45) is 0. The number of hydrogen-bond acceptors (Lipinski definition) is 5. The van der Waals surface area contributed by atoms with Gasteiger partial charge in [0.2, 0.25) is 0 Å². The van der Waals surface area contributed by atoms with Crippen LogP contribution in [0.5, 0.6) is 23.0 Å². The fourth-order valence-electron chi connectivity index (χ4n) is 2.99. The molecular formula is C26H36ClLiO5P. The summed E-state index contributed by atoms with van der Waals surface area (Å²) >= 11 is 6.38. The van der Waals surface area contributed by atoms with Gasteiger partial charge in [-0.1, -0.05) is 17.7 Å². The molecule has 0 bridgehead atoms. The Hall–Kier alpha value is -1.37. The minimum atomic E-state index is -0.496. The van der Waals surface area contributed by atoms with Gasteiger partial charge in [-0.15, -0.1) is 0 Å². The first-order valence-corrected chi connectivity index (χ1v) is 12.3.